The fourth-order valence-electron chi connectivity index (χ4n) is 2.13. The molecule has 1 aliphatic rings. The summed E-state index contributed by atoms with van der Waals surface area (Å²) in [7, 11) is -2.85. The number of nitrogens with one attached hydrogen (secondary N) is 1. The van der Waals surface area contributed by atoms with E-state index >= 15 is 0 Å². The lowest BCUT2D eigenvalue weighted by molar-refractivity contribution is 0.402. The molecule has 1 atom stereocenters. The minimum absolute atomic E-state index is 0.0781. The fourth-order valence-corrected chi connectivity index (χ4v) is 3.15. The average Bonchev–Trinajstić information content (AvgIpc) is 2.80. The first-order chi connectivity index (χ1) is 6.87. The lowest BCUT2D eigenvalue weighted by Crippen LogP contribution is -2.36. The van der Waals surface area contributed by atoms with Gasteiger partial charge < -0.3 is 5.32 Å². The predicted octanol–water partition coefficient (Wildman–Crippen LogP) is 1.59. The Hall–Kier alpha value is -0.0900. The second-order valence-corrected chi connectivity index (χ2v) is 7.31. The standard InChI is InChI=1S/C11H23NO2S/c1-4-5-11(6-7-11)9-12-10(2)8-15(3,13)14/h10,12H,4-9H2,1-3H3. The Bertz CT molecular complexity index is 294. The zero-order valence-electron chi connectivity index (χ0n) is 10.0. The molecule has 1 saturated carbocycles. The van der Waals surface area contributed by atoms with Crippen LogP contribution in [-0.2, 0) is 9.84 Å². The van der Waals surface area contributed by atoms with Gasteiger partial charge in [-0.1, -0.05) is 13.3 Å². The molecule has 1 rings (SSSR count). The van der Waals surface area contributed by atoms with Gasteiger partial charge in [0.05, 0.1) is 5.75 Å². The largest absolute Gasteiger partial charge is 0.313 e. The SMILES string of the molecule is CCCC1(CNC(C)CS(C)(=O)=O)CC1. The van der Waals surface area contributed by atoms with Crippen molar-refractivity contribution in [2.45, 2.75) is 45.6 Å². The summed E-state index contributed by atoms with van der Waals surface area (Å²) in [6.45, 7) is 5.14. The van der Waals surface area contributed by atoms with E-state index in [1.807, 2.05) is 6.92 Å². The van der Waals surface area contributed by atoms with Crippen LogP contribution in [0.4, 0.5) is 0 Å². The van der Waals surface area contributed by atoms with Crippen LogP contribution < -0.4 is 5.32 Å². The van der Waals surface area contributed by atoms with Crippen LogP contribution in [0, 0.1) is 5.41 Å². The second-order valence-electron chi connectivity index (χ2n) is 5.12. The van der Waals surface area contributed by atoms with E-state index in [9.17, 15) is 8.42 Å². The maximum Gasteiger partial charge on any atom is 0.148 e. The van der Waals surface area contributed by atoms with E-state index in [1.165, 1.54) is 31.9 Å². The van der Waals surface area contributed by atoms with Gasteiger partial charge in [-0.25, -0.2) is 8.42 Å². The molecular weight excluding hydrogens is 210 g/mol. The Morgan fingerprint density at radius 3 is 2.40 bits per heavy atom. The van der Waals surface area contributed by atoms with Crippen molar-refractivity contribution in [2.24, 2.45) is 5.41 Å². The minimum atomic E-state index is -2.85. The maximum absolute atomic E-state index is 11.1. The normalized spacial score (nSPS) is 21.3. The third-order valence-electron chi connectivity index (χ3n) is 3.12. The molecule has 1 unspecified atom stereocenters. The van der Waals surface area contributed by atoms with Gasteiger partial charge in [-0.2, -0.15) is 0 Å². The molecule has 0 aliphatic heterocycles. The van der Waals surface area contributed by atoms with Crippen molar-refractivity contribution in [2.75, 3.05) is 18.6 Å². The molecule has 0 aromatic heterocycles. The summed E-state index contributed by atoms with van der Waals surface area (Å²) in [5.74, 6) is 0.245. The molecule has 0 aromatic carbocycles. The van der Waals surface area contributed by atoms with E-state index in [1.54, 1.807) is 0 Å². The molecule has 0 bridgehead atoms. The van der Waals surface area contributed by atoms with Crippen LogP contribution in [0.2, 0.25) is 0 Å². The highest BCUT2D eigenvalue weighted by atomic mass is 32.2. The van der Waals surface area contributed by atoms with Crippen molar-refractivity contribution in [1.82, 2.24) is 5.32 Å². The summed E-state index contributed by atoms with van der Waals surface area (Å²) in [5.41, 5.74) is 0.501. The van der Waals surface area contributed by atoms with Gasteiger partial charge in [0.25, 0.3) is 0 Å². The topological polar surface area (TPSA) is 46.2 Å². The lowest BCUT2D eigenvalue weighted by atomic mass is 10.0. The highest BCUT2D eigenvalue weighted by Crippen LogP contribution is 2.48. The van der Waals surface area contributed by atoms with Crippen molar-refractivity contribution in [3.05, 3.63) is 0 Å². The van der Waals surface area contributed by atoms with Crippen LogP contribution in [0.15, 0.2) is 0 Å². The average molecular weight is 233 g/mol. The molecule has 3 nitrogen and oxygen atoms in total. The third kappa shape index (κ3) is 4.98. The second kappa shape index (κ2) is 4.83. The number of hydrogen-bond donors (Lipinski definition) is 1. The zero-order valence-corrected chi connectivity index (χ0v) is 10.9. The van der Waals surface area contributed by atoms with Crippen LogP contribution in [0.3, 0.4) is 0 Å². The van der Waals surface area contributed by atoms with Gasteiger partial charge in [0.2, 0.25) is 0 Å². The van der Waals surface area contributed by atoms with Crippen LogP contribution in [-0.4, -0.2) is 33.0 Å². The van der Waals surface area contributed by atoms with Crippen LogP contribution in [0.5, 0.6) is 0 Å². The zero-order chi connectivity index (χ0) is 11.5. The Labute approximate surface area is 93.6 Å². The first-order valence-electron chi connectivity index (χ1n) is 5.78. The molecule has 4 heteroatoms. The Balaban J connectivity index is 2.25. The van der Waals surface area contributed by atoms with E-state index < -0.39 is 9.84 Å². The van der Waals surface area contributed by atoms with Crippen LogP contribution >= 0.6 is 0 Å². The predicted molar refractivity (Wildman–Crippen MR) is 63.8 cm³/mol. The van der Waals surface area contributed by atoms with E-state index in [0.29, 0.717) is 5.41 Å². The quantitative estimate of drug-likeness (QED) is 0.726. The van der Waals surface area contributed by atoms with Gasteiger partial charge in [0.1, 0.15) is 9.84 Å². The summed E-state index contributed by atoms with van der Waals surface area (Å²) in [6.07, 6.45) is 6.40. The Morgan fingerprint density at radius 2 is 2.00 bits per heavy atom. The molecule has 1 fully saturated rings. The highest BCUT2D eigenvalue weighted by Gasteiger charge is 2.41. The van der Waals surface area contributed by atoms with Gasteiger partial charge in [-0.3, -0.25) is 0 Å². The molecular formula is C11H23NO2S. The molecule has 0 spiro atoms. The molecule has 0 heterocycles. The van der Waals surface area contributed by atoms with Crippen molar-refractivity contribution < 1.29 is 8.42 Å². The molecule has 0 aromatic rings. The summed E-state index contributed by atoms with van der Waals surface area (Å²) in [6, 6.07) is 0.0781. The van der Waals surface area contributed by atoms with Gasteiger partial charge in [-0.15, -0.1) is 0 Å². The first-order valence-corrected chi connectivity index (χ1v) is 7.84. The van der Waals surface area contributed by atoms with Crippen molar-refractivity contribution in [3.63, 3.8) is 0 Å². The minimum Gasteiger partial charge on any atom is -0.313 e. The van der Waals surface area contributed by atoms with Gasteiger partial charge >= 0.3 is 0 Å². The molecule has 0 radical (unpaired) electrons. The van der Waals surface area contributed by atoms with E-state index in [2.05, 4.69) is 12.2 Å². The molecule has 15 heavy (non-hydrogen) atoms. The number of hydrogen-bond acceptors (Lipinski definition) is 3. The molecule has 0 amide bonds. The molecule has 1 N–H and O–H groups in total. The maximum atomic E-state index is 11.1. The molecule has 0 saturated heterocycles. The van der Waals surface area contributed by atoms with Gasteiger partial charge in [-0.05, 0) is 31.6 Å². The van der Waals surface area contributed by atoms with Crippen molar-refractivity contribution in [1.29, 1.82) is 0 Å². The summed E-state index contributed by atoms with van der Waals surface area (Å²) in [5, 5.41) is 3.35. The van der Waals surface area contributed by atoms with E-state index in [-0.39, 0.29) is 11.8 Å². The Morgan fingerprint density at radius 1 is 1.40 bits per heavy atom. The van der Waals surface area contributed by atoms with Crippen LogP contribution in [0.25, 0.3) is 0 Å². The summed E-state index contributed by atoms with van der Waals surface area (Å²) < 4.78 is 22.1. The highest BCUT2D eigenvalue weighted by molar-refractivity contribution is 7.90. The van der Waals surface area contributed by atoms with E-state index in [4.69, 9.17) is 0 Å². The Kier molecular flexibility index (Phi) is 4.18. The summed E-state index contributed by atoms with van der Waals surface area (Å²) >= 11 is 0. The van der Waals surface area contributed by atoms with Crippen LogP contribution in [0.1, 0.15) is 39.5 Å². The smallest absolute Gasteiger partial charge is 0.148 e. The molecule has 90 valence electrons. The molecule has 1 aliphatic carbocycles. The fraction of sp³-hybridized carbons (Fsp3) is 1.00. The lowest BCUT2D eigenvalue weighted by Gasteiger charge is -2.19. The van der Waals surface area contributed by atoms with E-state index in [0.717, 1.165) is 6.54 Å². The van der Waals surface area contributed by atoms with Gasteiger partial charge in [0, 0.05) is 18.8 Å². The number of rotatable bonds is 7. The van der Waals surface area contributed by atoms with Gasteiger partial charge in [0.15, 0.2) is 0 Å². The van der Waals surface area contributed by atoms with Crippen molar-refractivity contribution >= 4 is 9.84 Å². The number of sulfone groups is 1. The first kappa shape index (κ1) is 13.0. The third-order valence-corrected chi connectivity index (χ3v) is 4.22. The summed E-state index contributed by atoms with van der Waals surface area (Å²) in [4.78, 5) is 0. The monoisotopic (exact) mass is 233 g/mol. The van der Waals surface area contributed by atoms with Crippen molar-refractivity contribution in [3.8, 4) is 0 Å².